The van der Waals surface area contributed by atoms with Crippen LogP contribution in [0.2, 0.25) is 0 Å². The normalized spacial score (nSPS) is 10.1. The Bertz CT molecular complexity index is 444. The molecule has 0 fully saturated rings. The van der Waals surface area contributed by atoms with Crippen molar-refractivity contribution >= 4 is 5.69 Å². The molecule has 2 aromatic heterocycles. The zero-order valence-corrected chi connectivity index (χ0v) is 7.18. The van der Waals surface area contributed by atoms with Gasteiger partial charge in [-0.15, -0.1) is 0 Å². The molecule has 2 rings (SSSR count). The summed E-state index contributed by atoms with van der Waals surface area (Å²) in [4.78, 5) is 11.7. The Balaban J connectivity index is 2.53. The summed E-state index contributed by atoms with van der Waals surface area (Å²) < 4.78 is 12.7. The second-order valence-corrected chi connectivity index (χ2v) is 2.66. The lowest BCUT2D eigenvalue weighted by Crippen LogP contribution is -1.97. The average Bonchev–Trinajstić information content (AvgIpc) is 2.19. The molecule has 0 saturated carbocycles. The van der Waals surface area contributed by atoms with E-state index in [4.69, 9.17) is 5.73 Å². The van der Waals surface area contributed by atoms with E-state index >= 15 is 0 Å². The molecule has 4 nitrogen and oxygen atoms in total. The molecule has 0 spiro atoms. The van der Waals surface area contributed by atoms with Crippen molar-refractivity contribution in [3.63, 3.8) is 0 Å². The van der Waals surface area contributed by atoms with Gasteiger partial charge < -0.3 is 5.73 Å². The highest BCUT2D eigenvalue weighted by Gasteiger charge is 2.06. The van der Waals surface area contributed by atoms with Gasteiger partial charge in [-0.2, -0.15) is 0 Å². The molecule has 0 radical (unpaired) electrons. The summed E-state index contributed by atoms with van der Waals surface area (Å²) >= 11 is 0. The van der Waals surface area contributed by atoms with Crippen LogP contribution in [0, 0.1) is 5.82 Å². The maximum absolute atomic E-state index is 12.7. The van der Waals surface area contributed by atoms with Crippen LogP contribution in [-0.4, -0.2) is 15.0 Å². The van der Waals surface area contributed by atoms with Crippen LogP contribution in [-0.2, 0) is 0 Å². The topological polar surface area (TPSA) is 64.7 Å². The van der Waals surface area contributed by atoms with E-state index in [9.17, 15) is 4.39 Å². The fourth-order valence-corrected chi connectivity index (χ4v) is 1.06. The summed E-state index contributed by atoms with van der Waals surface area (Å²) in [6, 6.07) is 2.88. The molecule has 0 saturated heterocycles. The van der Waals surface area contributed by atoms with E-state index in [1.54, 1.807) is 18.5 Å². The molecule has 0 aliphatic heterocycles. The summed E-state index contributed by atoms with van der Waals surface area (Å²) in [5.74, 6) is -0.0767. The first-order valence-electron chi connectivity index (χ1n) is 3.96. The maximum Gasteiger partial charge on any atom is 0.180 e. The molecule has 0 aromatic carbocycles. The average molecular weight is 190 g/mol. The molecule has 0 aliphatic rings. The lowest BCUT2D eigenvalue weighted by atomic mass is 10.3. The third-order valence-electron chi connectivity index (χ3n) is 1.66. The molecule has 14 heavy (non-hydrogen) atoms. The number of pyridine rings is 1. The fraction of sp³-hybridized carbons (Fsp3) is 0. The van der Waals surface area contributed by atoms with Crippen molar-refractivity contribution in [2.75, 3.05) is 5.73 Å². The highest BCUT2D eigenvalue weighted by molar-refractivity contribution is 5.66. The Morgan fingerprint density at radius 2 is 1.86 bits per heavy atom. The van der Waals surface area contributed by atoms with Crippen molar-refractivity contribution in [3.05, 3.63) is 36.5 Å². The number of nitrogens with zero attached hydrogens (tertiary/aromatic N) is 3. The van der Waals surface area contributed by atoms with Crippen molar-refractivity contribution < 1.29 is 4.39 Å². The maximum atomic E-state index is 12.7. The van der Waals surface area contributed by atoms with Gasteiger partial charge in [0.1, 0.15) is 11.5 Å². The van der Waals surface area contributed by atoms with Crippen LogP contribution in [0.3, 0.4) is 0 Å². The number of anilines is 1. The number of hydrogen-bond donors (Lipinski definition) is 1. The third kappa shape index (κ3) is 1.52. The number of hydrogen-bond acceptors (Lipinski definition) is 4. The standard InChI is InChI=1S/C9H7FN4/c10-6-4-7(11)8(14-5-6)9-12-2-1-3-13-9/h1-5H,11H2. The van der Waals surface area contributed by atoms with Crippen molar-refractivity contribution in [1.82, 2.24) is 15.0 Å². The summed E-state index contributed by atoms with van der Waals surface area (Å²) in [5, 5.41) is 0. The zero-order valence-electron chi connectivity index (χ0n) is 7.18. The van der Waals surface area contributed by atoms with Gasteiger partial charge in [-0.1, -0.05) is 0 Å². The van der Waals surface area contributed by atoms with Crippen LogP contribution in [0.25, 0.3) is 11.5 Å². The SMILES string of the molecule is Nc1cc(F)cnc1-c1ncccn1. The van der Waals surface area contributed by atoms with Gasteiger partial charge in [0.05, 0.1) is 11.9 Å². The monoisotopic (exact) mass is 190 g/mol. The lowest BCUT2D eigenvalue weighted by Gasteiger charge is -2.01. The van der Waals surface area contributed by atoms with Crippen LogP contribution >= 0.6 is 0 Å². The van der Waals surface area contributed by atoms with Gasteiger partial charge in [-0.05, 0) is 6.07 Å². The van der Waals surface area contributed by atoms with Gasteiger partial charge >= 0.3 is 0 Å². The first kappa shape index (κ1) is 8.55. The van der Waals surface area contributed by atoms with Crippen LogP contribution < -0.4 is 5.73 Å². The molecule has 2 heterocycles. The molecular formula is C9H7FN4. The summed E-state index contributed by atoms with van der Waals surface area (Å²) in [6.07, 6.45) is 4.24. The number of aromatic nitrogens is 3. The van der Waals surface area contributed by atoms with Crippen LogP contribution in [0.4, 0.5) is 10.1 Å². The molecule has 5 heteroatoms. The van der Waals surface area contributed by atoms with E-state index in [1.165, 1.54) is 6.07 Å². The van der Waals surface area contributed by atoms with Gasteiger partial charge in [-0.3, -0.25) is 0 Å². The lowest BCUT2D eigenvalue weighted by molar-refractivity contribution is 0.622. The Hall–Kier alpha value is -2.04. The third-order valence-corrected chi connectivity index (χ3v) is 1.66. The minimum atomic E-state index is -0.470. The van der Waals surface area contributed by atoms with Crippen molar-refractivity contribution in [3.8, 4) is 11.5 Å². The van der Waals surface area contributed by atoms with E-state index in [2.05, 4.69) is 15.0 Å². The smallest absolute Gasteiger partial charge is 0.180 e. The van der Waals surface area contributed by atoms with Crippen LogP contribution in [0.5, 0.6) is 0 Å². The second-order valence-electron chi connectivity index (χ2n) is 2.66. The van der Waals surface area contributed by atoms with Crippen molar-refractivity contribution in [2.45, 2.75) is 0 Å². The van der Waals surface area contributed by atoms with Crippen molar-refractivity contribution in [2.24, 2.45) is 0 Å². The molecule has 0 atom stereocenters. The predicted octanol–water partition coefficient (Wildman–Crippen LogP) is 1.26. The Kier molecular flexibility index (Phi) is 2.06. The van der Waals surface area contributed by atoms with Gasteiger partial charge in [0.15, 0.2) is 5.82 Å². The van der Waals surface area contributed by atoms with E-state index in [0.717, 1.165) is 6.20 Å². The minimum absolute atomic E-state index is 0.233. The van der Waals surface area contributed by atoms with Gasteiger partial charge in [-0.25, -0.2) is 19.3 Å². The highest BCUT2D eigenvalue weighted by atomic mass is 19.1. The number of halogens is 1. The van der Waals surface area contributed by atoms with E-state index in [0.29, 0.717) is 11.5 Å². The van der Waals surface area contributed by atoms with Crippen LogP contribution in [0.1, 0.15) is 0 Å². The molecule has 2 aromatic rings. The van der Waals surface area contributed by atoms with E-state index in [-0.39, 0.29) is 5.69 Å². The Morgan fingerprint density at radius 1 is 1.14 bits per heavy atom. The first-order chi connectivity index (χ1) is 6.77. The molecule has 0 aliphatic carbocycles. The Labute approximate surface area is 79.7 Å². The van der Waals surface area contributed by atoms with E-state index in [1.807, 2.05) is 0 Å². The second kappa shape index (κ2) is 3.37. The fourth-order valence-electron chi connectivity index (χ4n) is 1.06. The molecule has 70 valence electrons. The predicted molar refractivity (Wildman–Crippen MR) is 49.6 cm³/mol. The van der Waals surface area contributed by atoms with Gasteiger partial charge in [0, 0.05) is 18.5 Å². The number of nitrogens with two attached hydrogens (primary N) is 1. The number of rotatable bonds is 1. The molecule has 2 N–H and O–H groups in total. The van der Waals surface area contributed by atoms with Gasteiger partial charge in [0.25, 0.3) is 0 Å². The Morgan fingerprint density at radius 3 is 2.50 bits per heavy atom. The minimum Gasteiger partial charge on any atom is -0.397 e. The van der Waals surface area contributed by atoms with Crippen molar-refractivity contribution in [1.29, 1.82) is 0 Å². The highest BCUT2D eigenvalue weighted by Crippen LogP contribution is 2.19. The summed E-state index contributed by atoms with van der Waals surface area (Å²) in [6.45, 7) is 0. The number of nitrogen functional groups attached to an aromatic ring is 1. The first-order valence-corrected chi connectivity index (χ1v) is 3.96. The molecule has 0 unspecified atom stereocenters. The van der Waals surface area contributed by atoms with Gasteiger partial charge in [0.2, 0.25) is 0 Å². The summed E-state index contributed by atoms with van der Waals surface area (Å²) in [5.41, 5.74) is 6.20. The zero-order chi connectivity index (χ0) is 9.97. The van der Waals surface area contributed by atoms with Crippen LogP contribution in [0.15, 0.2) is 30.7 Å². The summed E-state index contributed by atoms with van der Waals surface area (Å²) in [7, 11) is 0. The molecule has 0 bridgehead atoms. The molecule has 0 amide bonds. The largest absolute Gasteiger partial charge is 0.397 e. The van der Waals surface area contributed by atoms with E-state index < -0.39 is 5.82 Å². The molecular weight excluding hydrogens is 183 g/mol. The quantitative estimate of drug-likeness (QED) is 0.735.